The smallest absolute Gasteiger partial charge is 0.349 e. The Balaban J connectivity index is 1.42. The van der Waals surface area contributed by atoms with Crippen LogP contribution in [0.25, 0.3) is 0 Å². The molecule has 2 aromatic carbocycles. The highest BCUT2D eigenvalue weighted by atomic mass is 28.4. The van der Waals surface area contributed by atoms with Crippen LogP contribution >= 0.6 is 0 Å². The minimum Gasteiger partial charge on any atom is -0.497 e. The summed E-state index contributed by atoms with van der Waals surface area (Å²) in [7, 11) is -1.15. The van der Waals surface area contributed by atoms with E-state index in [1.807, 2.05) is 36.4 Å². The second-order valence-electron chi connectivity index (χ2n) is 13.1. The Morgan fingerprint density at radius 3 is 2.23 bits per heavy atom. The van der Waals surface area contributed by atoms with Crippen LogP contribution in [0.3, 0.4) is 0 Å². The fraction of sp³-hybridized carbons (Fsp3) is 0.485. The molecule has 44 heavy (non-hydrogen) atoms. The molecule has 2 N–H and O–H groups in total. The molecule has 0 radical (unpaired) electrons. The van der Waals surface area contributed by atoms with Crippen molar-refractivity contribution >= 4 is 26.3 Å². The van der Waals surface area contributed by atoms with Gasteiger partial charge in [0.2, 0.25) is 5.91 Å². The van der Waals surface area contributed by atoms with Gasteiger partial charge in [-0.15, -0.1) is 0 Å². The molecule has 0 unspecified atom stereocenters. The average molecular weight is 625 g/mol. The number of fused-ring (bicyclic) bond motifs is 1. The fourth-order valence-corrected chi connectivity index (χ4v) is 10.6. The Bertz CT molecular complexity index is 1320. The van der Waals surface area contributed by atoms with E-state index in [9.17, 15) is 14.4 Å². The predicted octanol–water partition coefficient (Wildman–Crippen LogP) is 4.78. The molecule has 0 aliphatic carbocycles. The summed E-state index contributed by atoms with van der Waals surface area (Å²) < 4.78 is 30.0. The van der Waals surface area contributed by atoms with Crippen molar-refractivity contribution in [2.24, 2.45) is 0 Å². The van der Waals surface area contributed by atoms with Crippen LogP contribution in [0.1, 0.15) is 63.9 Å². The van der Waals surface area contributed by atoms with Gasteiger partial charge in [-0.25, -0.2) is 4.79 Å². The number of carbonyl (C=O) groups excluding carboxylic acids is 3. The number of methoxy groups -OCH3 is 1. The number of nitrogens with one attached hydrogen (secondary N) is 2. The fourth-order valence-electron chi connectivity index (χ4n) is 5.72. The van der Waals surface area contributed by atoms with E-state index in [4.69, 9.17) is 23.1 Å². The van der Waals surface area contributed by atoms with Gasteiger partial charge in [-0.2, -0.15) is 0 Å². The first-order chi connectivity index (χ1) is 20.7. The average Bonchev–Trinajstić information content (AvgIpc) is 2.98. The summed E-state index contributed by atoms with van der Waals surface area (Å²) in [5, 5.41) is 5.10. The van der Waals surface area contributed by atoms with Crippen LogP contribution in [0.4, 0.5) is 0 Å². The van der Waals surface area contributed by atoms with Gasteiger partial charge in [-0.05, 0) is 35.9 Å². The van der Waals surface area contributed by atoms with E-state index in [0.29, 0.717) is 17.9 Å². The molecular formula is C33H44N2O8Si. The minimum absolute atomic E-state index is 0.00166. The van der Waals surface area contributed by atoms with Gasteiger partial charge >= 0.3 is 14.5 Å². The number of carbonyl (C=O) groups is 3. The molecule has 1 saturated heterocycles. The lowest BCUT2D eigenvalue weighted by atomic mass is 10.1. The van der Waals surface area contributed by atoms with Gasteiger partial charge in [0, 0.05) is 15.6 Å². The molecule has 2 aliphatic heterocycles. The third kappa shape index (κ3) is 7.76. The summed E-state index contributed by atoms with van der Waals surface area (Å²) in [5.74, 6) is -1.17. The van der Waals surface area contributed by atoms with Crippen molar-refractivity contribution in [2.75, 3.05) is 13.7 Å². The summed E-state index contributed by atoms with van der Waals surface area (Å²) in [6.45, 7) is 13.2. The highest BCUT2D eigenvalue weighted by molar-refractivity contribution is 6.73. The van der Waals surface area contributed by atoms with Gasteiger partial charge in [0.1, 0.15) is 30.7 Å². The number of esters is 1. The van der Waals surface area contributed by atoms with E-state index in [1.165, 1.54) is 7.11 Å². The molecule has 10 nitrogen and oxygen atoms in total. The monoisotopic (exact) mass is 624 g/mol. The third-order valence-corrected chi connectivity index (χ3v) is 12.9. The summed E-state index contributed by atoms with van der Waals surface area (Å²) in [6.07, 6.45) is 1.84. The molecule has 2 heterocycles. The molecule has 11 heteroatoms. The molecule has 4 rings (SSSR count). The van der Waals surface area contributed by atoms with Crippen LogP contribution in [-0.4, -0.2) is 64.5 Å². The second kappa shape index (κ2) is 13.6. The molecular weight excluding hydrogens is 580 g/mol. The summed E-state index contributed by atoms with van der Waals surface area (Å²) in [6, 6.07) is 14.3. The topological polar surface area (TPSA) is 121 Å². The molecule has 238 valence electrons. The first-order valence-corrected chi connectivity index (χ1v) is 16.6. The quantitative estimate of drug-likeness (QED) is 0.232. The van der Waals surface area contributed by atoms with Crippen molar-refractivity contribution in [1.82, 2.24) is 10.6 Å². The summed E-state index contributed by atoms with van der Waals surface area (Å²) in [5.41, 5.74) is 1.09. The number of benzene rings is 2. The Hall–Kier alpha value is -3.51. The van der Waals surface area contributed by atoms with E-state index in [0.717, 1.165) is 5.56 Å². The van der Waals surface area contributed by atoms with Gasteiger partial charge < -0.3 is 33.7 Å². The third-order valence-electron chi connectivity index (χ3n) is 7.75. The van der Waals surface area contributed by atoms with Crippen molar-refractivity contribution in [3.8, 4) is 5.75 Å². The molecule has 0 aromatic heterocycles. The van der Waals surface area contributed by atoms with E-state index >= 15 is 0 Å². The minimum atomic E-state index is -2.68. The highest BCUT2D eigenvalue weighted by Crippen LogP contribution is 2.54. The lowest BCUT2D eigenvalue weighted by Gasteiger charge is -2.54. The summed E-state index contributed by atoms with van der Waals surface area (Å²) in [4.78, 5) is 39.3. The van der Waals surface area contributed by atoms with E-state index in [1.54, 1.807) is 30.3 Å². The van der Waals surface area contributed by atoms with Crippen molar-refractivity contribution in [3.63, 3.8) is 0 Å². The van der Waals surface area contributed by atoms with Gasteiger partial charge in [0.25, 0.3) is 5.91 Å². The maximum Gasteiger partial charge on any atom is 0.349 e. The number of amides is 2. The van der Waals surface area contributed by atoms with Crippen LogP contribution in [0, 0.1) is 0 Å². The number of ether oxygens (including phenoxy) is 3. The van der Waals surface area contributed by atoms with E-state index in [2.05, 4.69) is 52.2 Å². The Morgan fingerprint density at radius 2 is 1.61 bits per heavy atom. The lowest BCUT2D eigenvalue weighted by Crippen LogP contribution is -2.66. The highest BCUT2D eigenvalue weighted by Gasteiger charge is 2.62. The second-order valence-corrected chi connectivity index (χ2v) is 17.9. The maximum absolute atomic E-state index is 13.2. The van der Waals surface area contributed by atoms with E-state index < -0.39 is 44.7 Å². The van der Waals surface area contributed by atoms with Gasteiger partial charge in [0.05, 0.1) is 26.2 Å². The Kier molecular flexibility index (Phi) is 10.3. The van der Waals surface area contributed by atoms with Gasteiger partial charge in [0.15, 0.2) is 0 Å². The standard InChI is InChI=1S/C33H44N2O8Si/c1-32(2,3)44(33(4,5)6)41-21-27-26(43-44)17-18-29(42-27)35-28(36)19-25(31(38)40-20-22-11-9-8-10-12-22)34-30(37)23-13-15-24(39-7)16-14-23/h8-18,25-27,29H,19-21H2,1-7H3,(H,34,37)(H,35,36)/t25-,26+,27+,29-/m0/s1. The van der Waals surface area contributed by atoms with Crippen molar-refractivity contribution < 1.29 is 37.4 Å². The van der Waals surface area contributed by atoms with Gasteiger partial charge in [-0.3, -0.25) is 9.59 Å². The molecule has 0 spiro atoms. The van der Waals surface area contributed by atoms with Crippen molar-refractivity contribution in [1.29, 1.82) is 0 Å². The molecule has 2 aliphatic rings. The number of hydrogen-bond donors (Lipinski definition) is 2. The Labute approximate surface area is 260 Å². The molecule has 4 atom stereocenters. The normalized spacial score (nSPS) is 21.8. The SMILES string of the molecule is COc1ccc(C(=O)N[C@@H](CC(=O)N[C@@H]2C=C[C@H]3O[Si](C(C)(C)C)(C(C)(C)C)OC[C@H]3O2)C(=O)OCc2ccccc2)cc1. The zero-order valence-corrected chi connectivity index (χ0v) is 27.5. The van der Waals surface area contributed by atoms with Crippen LogP contribution in [0.5, 0.6) is 5.75 Å². The van der Waals surface area contributed by atoms with Crippen LogP contribution in [0.15, 0.2) is 66.7 Å². The lowest BCUT2D eigenvalue weighted by molar-refractivity contribution is -0.150. The van der Waals surface area contributed by atoms with Crippen LogP contribution in [0.2, 0.25) is 10.1 Å². The number of hydrogen-bond acceptors (Lipinski definition) is 8. The van der Waals surface area contributed by atoms with E-state index in [-0.39, 0.29) is 29.2 Å². The largest absolute Gasteiger partial charge is 0.497 e. The first-order valence-electron chi connectivity index (χ1n) is 14.8. The van der Waals surface area contributed by atoms with Crippen molar-refractivity contribution in [2.45, 2.75) is 89.1 Å². The van der Waals surface area contributed by atoms with Crippen LogP contribution < -0.4 is 15.4 Å². The zero-order chi connectivity index (χ0) is 32.1. The molecule has 0 saturated carbocycles. The predicted molar refractivity (Wildman–Crippen MR) is 167 cm³/mol. The first kappa shape index (κ1) is 33.4. The van der Waals surface area contributed by atoms with Crippen LogP contribution in [-0.2, 0) is 34.5 Å². The maximum atomic E-state index is 13.2. The van der Waals surface area contributed by atoms with Crippen molar-refractivity contribution in [3.05, 3.63) is 77.9 Å². The van der Waals surface area contributed by atoms with Gasteiger partial charge in [-0.1, -0.05) is 78.0 Å². The molecule has 2 aromatic rings. The summed E-state index contributed by atoms with van der Waals surface area (Å²) >= 11 is 0. The number of rotatable bonds is 9. The molecule has 2 amide bonds. The molecule has 1 fully saturated rings. The Morgan fingerprint density at radius 1 is 0.955 bits per heavy atom. The zero-order valence-electron chi connectivity index (χ0n) is 26.5. The molecule has 0 bridgehead atoms.